The molecule has 0 atom stereocenters. The topological polar surface area (TPSA) is 63.4 Å². The molecule has 0 aliphatic carbocycles. The van der Waals surface area contributed by atoms with E-state index in [0.717, 1.165) is 29.5 Å². The van der Waals surface area contributed by atoms with Gasteiger partial charge in [0.15, 0.2) is 0 Å². The van der Waals surface area contributed by atoms with E-state index < -0.39 is 0 Å². The molecule has 0 spiro atoms. The van der Waals surface area contributed by atoms with Gasteiger partial charge in [0.25, 0.3) is 0 Å². The van der Waals surface area contributed by atoms with E-state index in [1.165, 1.54) is 4.90 Å². The number of hydrogen-bond donors (Lipinski definition) is 1. The molecule has 1 aromatic carbocycles. The minimum atomic E-state index is 0.0140. The summed E-state index contributed by atoms with van der Waals surface area (Å²) in [5.74, 6) is 0.0140. The summed E-state index contributed by atoms with van der Waals surface area (Å²) in [4.78, 5) is 23.7. The normalized spacial score (nSPS) is 14.8. The zero-order valence-corrected chi connectivity index (χ0v) is 8.98. The van der Waals surface area contributed by atoms with Crippen LogP contribution in [0.5, 0.6) is 0 Å². The smallest absolute Gasteiger partial charge is 0.227 e. The number of fused-ring (bicyclic) bond motifs is 1. The van der Waals surface area contributed by atoms with Crippen LogP contribution in [0.15, 0.2) is 18.2 Å². The van der Waals surface area contributed by atoms with E-state index in [1.807, 2.05) is 18.2 Å². The summed E-state index contributed by atoms with van der Waals surface area (Å²) in [5, 5.41) is 0. The molecule has 2 N–H and O–H groups in total. The van der Waals surface area contributed by atoms with Crippen molar-refractivity contribution >= 4 is 17.9 Å². The van der Waals surface area contributed by atoms with Gasteiger partial charge in [0.2, 0.25) is 5.91 Å². The molecule has 1 heterocycles. The van der Waals surface area contributed by atoms with Gasteiger partial charge in [-0.3, -0.25) is 4.79 Å². The van der Waals surface area contributed by atoms with Crippen molar-refractivity contribution in [1.82, 2.24) is 0 Å². The summed E-state index contributed by atoms with van der Waals surface area (Å²) >= 11 is 0. The fraction of sp³-hybridized carbons (Fsp3) is 0.333. The second-order valence-corrected chi connectivity index (χ2v) is 3.84. The van der Waals surface area contributed by atoms with Gasteiger partial charge in [-0.15, -0.1) is 0 Å². The van der Waals surface area contributed by atoms with Crippen LogP contribution in [0.3, 0.4) is 0 Å². The number of aryl methyl sites for hydroxylation is 1. The zero-order valence-electron chi connectivity index (χ0n) is 8.98. The lowest BCUT2D eigenvalue weighted by atomic mass is 9.99. The fourth-order valence-electron chi connectivity index (χ4n) is 2.01. The molecule has 1 aromatic rings. The molecule has 1 aliphatic heterocycles. The van der Waals surface area contributed by atoms with E-state index in [4.69, 9.17) is 5.73 Å². The minimum absolute atomic E-state index is 0.0140. The molecular formula is C12H14N2O2. The highest BCUT2D eigenvalue weighted by Crippen LogP contribution is 2.28. The highest BCUT2D eigenvalue weighted by Gasteiger charge is 2.23. The molecule has 16 heavy (non-hydrogen) atoms. The predicted octanol–water partition coefficient (Wildman–Crippen LogP) is 0.623. The van der Waals surface area contributed by atoms with E-state index >= 15 is 0 Å². The molecule has 0 saturated carbocycles. The first-order valence-corrected chi connectivity index (χ1v) is 5.32. The first kappa shape index (κ1) is 10.8. The second-order valence-electron chi connectivity index (χ2n) is 3.84. The highest BCUT2D eigenvalue weighted by molar-refractivity contribution is 5.98. The number of anilines is 1. The summed E-state index contributed by atoms with van der Waals surface area (Å²) in [5.41, 5.74) is 8.57. The third kappa shape index (κ3) is 1.84. The van der Waals surface area contributed by atoms with Crippen molar-refractivity contribution in [3.63, 3.8) is 0 Å². The number of aldehydes is 1. The van der Waals surface area contributed by atoms with Crippen molar-refractivity contribution in [2.24, 2.45) is 5.73 Å². The van der Waals surface area contributed by atoms with E-state index in [9.17, 15) is 9.59 Å². The molecule has 4 heteroatoms. The van der Waals surface area contributed by atoms with Gasteiger partial charge in [0, 0.05) is 18.7 Å². The van der Waals surface area contributed by atoms with E-state index in [1.54, 1.807) is 0 Å². The third-order valence-corrected chi connectivity index (χ3v) is 2.84. The lowest BCUT2D eigenvalue weighted by molar-refractivity contribution is -0.120. The number of benzene rings is 1. The number of nitrogens with zero attached hydrogens (tertiary/aromatic N) is 1. The first-order valence-electron chi connectivity index (χ1n) is 5.32. The monoisotopic (exact) mass is 218 g/mol. The molecule has 1 aliphatic rings. The molecule has 0 unspecified atom stereocenters. The fourth-order valence-corrected chi connectivity index (χ4v) is 2.01. The van der Waals surface area contributed by atoms with E-state index in [-0.39, 0.29) is 12.5 Å². The molecule has 0 radical (unpaired) electrons. The van der Waals surface area contributed by atoms with Crippen LogP contribution in [0, 0.1) is 0 Å². The minimum Gasteiger partial charge on any atom is -0.326 e. The maximum atomic E-state index is 11.6. The largest absolute Gasteiger partial charge is 0.326 e. The average molecular weight is 218 g/mol. The maximum Gasteiger partial charge on any atom is 0.227 e. The van der Waals surface area contributed by atoms with Crippen LogP contribution in [0.4, 0.5) is 5.69 Å². The van der Waals surface area contributed by atoms with Crippen molar-refractivity contribution < 1.29 is 9.59 Å². The standard InChI is InChI=1S/C12H14N2O2/c13-8-9-1-3-11-10(7-9)2-4-12(16)14(11)5-6-15/h1,3,6-7H,2,4-5,8,13H2. The molecule has 0 fully saturated rings. The van der Waals surface area contributed by atoms with Gasteiger partial charge < -0.3 is 15.4 Å². The van der Waals surface area contributed by atoms with Crippen LogP contribution < -0.4 is 10.6 Å². The molecular weight excluding hydrogens is 204 g/mol. The van der Waals surface area contributed by atoms with Gasteiger partial charge in [-0.2, -0.15) is 0 Å². The summed E-state index contributed by atoms with van der Waals surface area (Å²) in [6.45, 7) is 0.628. The third-order valence-electron chi connectivity index (χ3n) is 2.84. The lowest BCUT2D eigenvalue weighted by Gasteiger charge is -2.28. The van der Waals surface area contributed by atoms with Crippen LogP contribution in [-0.2, 0) is 22.6 Å². The van der Waals surface area contributed by atoms with Crippen molar-refractivity contribution in [2.75, 3.05) is 11.4 Å². The molecule has 4 nitrogen and oxygen atoms in total. The Morgan fingerprint density at radius 3 is 2.88 bits per heavy atom. The first-order chi connectivity index (χ1) is 7.76. The van der Waals surface area contributed by atoms with Gasteiger partial charge in [0.05, 0.1) is 6.54 Å². The number of amides is 1. The Kier molecular flexibility index (Phi) is 3.01. The maximum absolute atomic E-state index is 11.6. The van der Waals surface area contributed by atoms with Crippen molar-refractivity contribution in [2.45, 2.75) is 19.4 Å². The highest BCUT2D eigenvalue weighted by atomic mass is 16.2. The number of nitrogens with two attached hydrogens (primary N) is 1. The SMILES string of the molecule is NCc1ccc2c(c1)CCC(=O)N2CC=O. The Morgan fingerprint density at radius 1 is 1.38 bits per heavy atom. The van der Waals surface area contributed by atoms with Gasteiger partial charge in [0.1, 0.15) is 6.29 Å². The lowest BCUT2D eigenvalue weighted by Crippen LogP contribution is -2.36. The molecule has 1 amide bonds. The molecule has 84 valence electrons. The average Bonchev–Trinajstić information content (AvgIpc) is 2.32. The number of carbonyl (C=O) groups excluding carboxylic acids is 2. The van der Waals surface area contributed by atoms with Crippen molar-refractivity contribution in [3.05, 3.63) is 29.3 Å². The van der Waals surface area contributed by atoms with Gasteiger partial charge in [-0.05, 0) is 23.6 Å². The van der Waals surface area contributed by atoms with Gasteiger partial charge in [-0.25, -0.2) is 0 Å². The quantitative estimate of drug-likeness (QED) is 0.756. The van der Waals surface area contributed by atoms with Crippen LogP contribution in [0.1, 0.15) is 17.5 Å². The second kappa shape index (κ2) is 4.45. The summed E-state index contributed by atoms with van der Waals surface area (Å²) in [7, 11) is 0. The van der Waals surface area contributed by atoms with Gasteiger partial charge in [-0.1, -0.05) is 12.1 Å². The molecule has 0 bridgehead atoms. The van der Waals surface area contributed by atoms with Crippen LogP contribution in [0.25, 0.3) is 0 Å². The Morgan fingerprint density at radius 2 is 2.19 bits per heavy atom. The molecule has 0 aromatic heterocycles. The van der Waals surface area contributed by atoms with Crippen LogP contribution in [0.2, 0.25) is 0 Å². The Bertz CT molecular complexity index is 429. The van der Waals surface area contributed by atoms with Crippen molar-refractivity contribution in [1.29, 1.82) is 0 Å². The number of carbonyl (C=O) groups is 2. The Balaban J connectivity index is 2.40. The van der Waals surface area contributed by atoms with Crippen LogP contribution >= 0.6 is 0 Å². The zero-order chi connectivity index (χ0) is 11.5. The van der Waals surface area contributed by atoms with E-state index in [2.05, 4.69) is 0 Å². The van der Waals surface area contributed by atoms with E-state index in [0.29, 0.717) is 13.0 Å². The summed E-state index contributed by atoms with van der Waals surface area (Å²) in [6, 6.07) is 5.78. The molecule has 2 rings (SSSR count). The number of rotatable bonds is 3. The Hall–Kier alpha value is -1.68. The summed E-state index contributed by atoms with van der Waals surface area (Å²) < 4.78 is 0. The Labute approximate surface area is 94.0 Å². The summed E-state index contributed by atoms with van der Waals surface area (Å²) in [6.07, 6.45) is 1.95. The predicted molar refractivity (Wildman–Crippen MR) is 61.1 cm³/mol. The molecule has 0 saturated heterocycles. The number of hydrogen-bond acceptors (Lipinski definition) is 3. The van der Waals surface area contributed by atoms with Crippen LogP contribution in [-0.4, -0.2) is 18.7 Å². The van der Waals surface area contributed by atoms with Gasteiger partial charge >= 0.3 is 0 Å². The van der Waals surface area contributed by atoms with Crippen molar-refractivity contribution in [3.8, 4) is 0 Å².